The van der Waals surface area contributed by atoms with Gasteiger partial charge in [0.1, 0.15) is 5.69 Å². The highest BCUT2D eigenvalue weighted by atomic mass is 35.5. The summed E-state index contributed by atoms with van der Waals surface area (Å²) < 4.78 is 6.01. The molecule has 8 nitrogen and oxygen atoms in total. The van der Waals surface area contributed by atoms with E-state index in [2.05, 4.69) is 25.4 Å². The number of esters is 1. The van der Waals surface area contributed by atoms with E-state index >= 15 is 0 Å². The fourth-order valence-electron chi connectivity index (χ4n) is 2.96. The number of ether oxygens (including phenoxy) is 1. The summed E-state index contributed by atoms with van der Waals surface area (Å²) >= 11 is 12.0. The van der Waals surface area contributed by atoms with Gasteiger partial charge in [-0.2, -0.15) is 5.10 Å². The van der Waals surface area contributed by atoms with E-state index in [4.69, 9.17) is 23.2 Å². The van der Waals surface area contributed by atoms with Gasteiger partial charge < -0.3 is 15.0 Å². The maximum absolute atomic E-state index is 12.2. The molecule has 144 valence electrons. The molecule has 1 saturated heterocycles. The Bertz CT molecular complexity index is 870. The maximum atomic E-state index is 12.2. The van der Waals surface area contributed by atoms with Gasteiger partial charge in [0.2, 0.25) is 0 Å². The monoisotopic (exact) mass is 411 g/mol. The quantitative estimate of drug-likeness (QED) is 0.754. The van der Waals surface area contributed by atoms with Crippen LogP contribution in [0.2, 0.25) is 10.0 Å². The first-order chi connectivity index (χ1) is 12.9. The average molecular weight is 412 g/mol. The Morgan fingerprint density at radius 2 is 2.04 bits per heavy atom. The standard InChI is InChI=1S/C17H19Cl2N5O3/c1-23-14(16(25)27-2)8-15(22-23)21-17(26)20-10-5-6-24(9-10)11-3-4-12(18)13(19)7-11/h3-4,7-8,10H,5-6,9H2,1-2H3,(H2,20,21,22,26). The summed E-state index contributed by atoms with van der Waals surface area (Å²) in [6, 6.07) is 6.52. The van der Waals surface area contributed by atoms with Crippen molar-refractivity contribution in [2.45, 2.75) is 12.5 Å². The van der Waals surface area contributed by atoms with Crippen LogP contribution in [0.4, 0.5) is 16.3 Å². The molecule has 1 atom stereocenters. The molecule has 2 heterocycles. The van der Waals surface area contributed by atoms with E-state index in [1.54, 1.807) is 13.1 Å². The topological polar surface area (TPSA) is 88.5 Å². The van der Waals surface area contributed by atoms with Crippen molar-refractivity contribution in [3.8, 4) is 0 Å². The van der Waals surface area contributed by atoms with Gasteiger partial charge in [0.15, 0.2) is 5.82 Å². The van der Waals surface area contributed by atoms with Crippen molar-refractivity contribution in [1.29, 1.82) is 0 Å². The number of carbonyl (C=O) groups excluding carboxylic acids is 2. The number of hydrogen-bond acceptors (Lipinski definition) is 5. The zero-order valence-electron chi connectivity index (χ0n) is 14.8. The molecule has 1 aliphatic heterocycles. The van der Waals surface area contributed by atoms with E-state index < -0.39 is 5.97 Å². The number of benzene rings is 1. The third-order valence-corrected chi connectivity index (χ3v) is 5.05. The fourth-order valence-corrected chi connectivity index (χ4v) is 3.25. The van der Waals surface area contributed by atoms with Gasteiger partial charge in [-0.15, -0.1) is 0 Å². The highest BCUT2D eigenvalue weighted by Crippen LogP contribution is 2.29. The molecule has 1 unspecified atom stereocenters. The van der Waals surface area contributed by atoms with Gasteiger partial charge in [-0.1, -0.05) is 23.2 Å². The van der Waals surface area contributed by atoms with Gasteiger partial charge in [-0.05, 0) is 24.6 Å². The van der Waals surface area contributed by atoms with E-state index in [1.807, 2.05) is 12.1 Å². The van der Waals surface area contributed by atoms with Gasteiger partial charge in [0, 0.05) is 37.9 Å². The molecule has 1 aromatic carbocycles. The minimum Gasteiger partial charge on any atom is -0.464 e. The van der Waals surface area contributed by atoms with E-state index in [1.165, 1.54) is 17.9 Å². The number of nitrogens with zero attached hydrogens (tertiary/aromatic N) is 3. The SMILES string of the molecule is COC(=O)c1cc(NC(=O)NC2CCN(c3ccc(Cl)c(Cl)c3)C2)nn1C. The molecule has 1 fully saturated rings. The van der Waals surface area contributed by atoms with Crippen LogP contribution in [0.3, 0.4) is 0 Å². The molecule has 0 spiro atoms. The molecule has 0 saturated carbocycles. The van der Waals surface area contributed by atoms with Gasteiger partial charge in [-0.25, -0.2) is 9.59 Å². The second-order valence-electron chi connectivity index (χ2n) is 6.16. The number of hydrogen-bond donors (Lipinski definition) is 2. The molecule has 0 radical (unpaired) electrons. The van der Waals surface area contributed by atoms with Crippen LogP contribution in [0, 0.1) is 0 Å². The van der Waals surface area contributed by atoms with Crippen molar-refractivity contribution in [2.24, 2.45) is 7.05 Å². The number of halogens is 2. The molecule has 1 aromatic heterocycles. The number of carbonyl (C=O) groups is 2. The van der Waals surface area contributed by atoms with E-state index in [9.17, 15) is 9.59 Å². The average Bonchev–Trinajstić information content (AvgIpc) is 3.23. The predicted molar refractivity (Wildman–Crippen MR) is 104 cm³/mol. The van der Waals surface area contributed by atoms with Gasteiger partial charge in [0.05, 0.1) is 17.2 Å². The molecule has 2 amide bonds. The number of urea groups is 1. The summed E-state index contributed by atoms with van der Waals surface area (Å²) in [6.45, 7) is 1.44. The lowest BCUT2D eigenvalue weighted by molar-refractivity contribution is 0.0588. The largest absolute Gasteiger partial charge is 0.464 e. The number of anilines is 2. The van der Waals surface area contributed by atoms with Gasteiger partial charge in [-0.3, -0.25) is 10.00 Å². The van der Waals surface area contributed by atoms with E-state index in [0.29, 0.717) is 16.6 Å². The molecule has 0 aliphatic carbocycles. The summed E-state index contributed by atoms with van der Waals surface area (Å²) in [5, 5.41) is 10.6. The zero-order valence-corrected chi connectivity index (χ0v) is 16.3. The summed E-state index contributed by atoms with van der Waals surface area (Å²) in [7, 11) is 2.89. The number of rotatable bonds is 4. The van der Waals surface area contributed by atoms with Crippen LogP contribution in [0.5, 0.6) is 0 Å². The number of aryl methyl sites for hydroxylation is 1. The second kappa shape index (κ2) is 8.06. The van der Waals surface area contributed by atoms with Crippen molar-refractivity contribution in [3.05, 3.63) is 40.0 Å². The number of amides is 2. The molecular weight excluding hydrogens is 393 g/mol. The minimum atomic E-state index is -0.522. The van der Waals surface area contributed by atoms with Crippen LogP contribution in [0.15, 0.2) is 24.3 Å². The molecule has 2 N–H and O–H groups in total. The summed E-state index contributed by atoms with van der Waals surface area (Å²) in [6.07, 6.45) is 0.795. The van der Waals surface area contributed by atoms with Crippen molar-refractivity contribution in [3.63, 3.8) is 0 Å². The Labute approximate surface area is 166 Å². The van der Waals surface area contributed by atoms with Crippen LogP contribution >= 0.6 is 23.2 Å². The van der Waals surface area contributed by atoms with Crippen molar-refractivity contribution >= 4 is 46.7 Å². The number of nitrogens with one attached hydrogen (secondary N) is 2. The highest BCUT2D eigenvalue weighted by molar-refractivity contribution is 6.42. The Kier molecular flexibility index (Phi) is 5.76. The molecule has 2 aromatic rings. The van der Waals surface area contributed by atoms with E-state index in [-0.39, 0.29) is 23.6 Å². The molecule has 0 bridgehead atoms. The maximum Gasteiger partial charge on any atom is 0.356 e. The van der Waals surface area contributed by atoms with Crippen LogP contribution < -0.4 is 15.5 Å². The van der Waals surface area contributed by atoms with Crippen molar-refractivity contribution in [1.82, 2.24) is 15.1 Å². The molecular formula is C17H19Cl2N5O3. The number of methoxy groups -OCH3 is 1. The summed E-state index contributed by atoms with van der Waals surface area (Å²) in [5.41, 5.74) is 1.21. The second-order valence-corrected chi connectivity index (χ2v) is 6.97. The van der Waals surface area contributed by atoms with Crippen LogP contribution in [0.25, 0.3) is 0 Å². The summed E-state index contributed by atoms with van der Waals surface area (Å²) in [4.78, 5) is 25.9. The highest BCUT2D eigenvalue weighted by Gasteiger charge is 2.25. The lowest BCUT2D eigenvalue weighted by Crippen LogP contribution is -2.39. The van der Waals surface area contributed by atoms with Crippen LogP contribution in [-0.4, -0.2) is 48.0 Å². The third-order valence-electron chi connectivity index (χ3n) is 4.31. The van der Waals surface area contributed by atoms with Crippen molar-refractivity contribution in [2.75, 3.05) is 30.4 Å². The molecule has 3 rings (SSSR count). The van der Waals surface area contributed by atoms with Gasteiger partial charge >= 0.3 is 12.0 Å². The Morgan fingerprint density at radius 1 is 1.26 bits per heavy atom. The van der Waals surface area contributed by atoms with Crippen molar-refractivity contribution < 1.29 is 14.3 Å². The lowest BCUT2D eigenvalue weighted by Gasteiger charge is -2.19. The van der Waals surface area contributed by atoms with Crippen LogP contribution in [0.1, 0.15) is 16.9 Å². The Hall–Kier alpha value is -2.45. The zero-order chi connectivity index (χ0) is 19.6. The van der Waals surface area contributed by atoms with E-state index in [0.717, 1.165) is 18.7 Å². The molecule has 10 heteroatoms. The predicted octanol–water partition coefficient (Wildman–Crippen LogP) is 2.91. The van der Waals surface area contributed by atoms with Gasteiger partial charge in [0.25, 0.3) is 0 Å². The third kappa shape index (κ3) is 4.45. The first-order valence-corrected chi connectivity index (χ1v) is 9.03. The Morgan fingerprint density at radius 3 is 2.74 bits per heavy atom. The number of aromatic nitrogens is 2. The first-order valence-electron chi connectivity index (χ1n) is 8.27. The molecule has 27 heavy (non-hydrogen) atoms. The fraction of sp³-hybridized carbons (Fsp3) is 0.353. The van der Waals surface area contributed by atoms with Crippen LogP contribution in [-0.2, 0) is 11.8 Å². The Balaban J connectivity index is 1.56. The minimum absolute atomic E-state index is 0.0248. The summed E-state index contributed by atoms with van der Waals surface area (Å²) in [5.74, 6) is -0.249. The normalized spacial score (nSPS) is 16.3. The molecule has 1 aliphatic rings. The smallest absolute Gasteiger partial charge is 0.356 e. The first kappa shape index (κ1) is 19.3. The lowest BCUT2D eigenvalue weighted by atomic mass is 10.3.